The Bertz CT molecular complexity index is 396. The maximum absolute atomic E-state index is 10.8. The Morgan fingerprint density at radius 3 is 2.65 bits per heavy atom. The van der Waals surface area contributed by atoms with Crippen molar-refractivity contribution in [2.75, 3.05) is 6.61 Å². The third kappa shape index (κ3) is 4.70. The molecule has 5 nitrogen and oxygen atoms in total. The fourth-order valence-corrected chi connectivity index (χ4v) is 2.09. The van der Waals surface area contributed by atoms with Gasteiger partial charge in [0.05, 0.1) is 0 Å². The number of rotatable bonds is 6. The smallest absolute Gasteiger partial charge is 0.356 e. The minimum atomic E-state index is -1.07. The summed E-state index contributed by atoms with van der Waals surface area (Å²) in [7, 11) is -1.07. The fraction of sp³-hybridized carbons (Fsp3) is 0.636. The predicted octanol–water partition coefficient (Wildman–Crippen LogP) is 2.20. The number of aromatic nitrogens is 2. The minimum Gasteiger partial charge on any atom is -0.476 e. The second-order valence-electron chi connectivity index (χ2n) is 5.35. The molecule has 0 unspecified atom stereocenters. The maximum Gasteiger partial charge on any atom is 0.356 e. The summed E-state index contributed by atoms with van der Waals surface area (Å²) in [6.45, 7) is 9.62. The standard InChI is InChI=1S/C11H20N2O3Si/c1-9-7-13(12-10(9)11(14)15)8-16-5-6-17(2,3)4/h7H,5-6,8H2,1-4H3,(H,14,15). The highest BCUT2D eigenvalue weighted by molar-refractivity contribution is 6.76. The second kappa shape index (κ2) is 5.46. The zero-order valence-corrected chi connectivity index (χ0v) is 11.9. The van der Waals surface area contributed by atoms with Crippen LogP contribution in [0.2, 0.25) is 25.7 Å². The van der Waals surface area contributed by atoms with Crippen LogP contribution in [0.3, 0.4) is 0 Å². The summed E-state index contributed by atoms with van der Waals surface area (Å²) in [4.78, 5) is 10.8. The number of ether oxygens (including phenoxy) is 1. The number of carboxylic acids is 1. The van der Waals surface area contributed by atoms with Gasteiger partial charge in [-0.15, -0.1) is 0 Å². The molecular formula is C11H20N2O3Si. The van der Waals surface area contributed by atoms with E-state index in [2.05, 4.69) is 24.7 Å². The molecule has 1 aromatic rings. The van der Waals surface area contributed by atoms with E-state index in [4.69, 9.17) is 9.84 Å². The van der Waals surface area contributed by atoms with Gasteiger partial charge in [-0.2, -0.15) is 5.10 Å². The van der Waals surface area contributed by atoms with Crippen LogP contribution in [0, 0.1) is 6.92 Å². The van der Waals surface area contributed by atoms with Crippen molar-refractivity contribution in [3.8, 4) is 0 Å². The summed E-state index contributed by atoms with van der Waals surface area (Å²) in [6.07, 6.45) is 1.69. The van der Waals surface area contributed by atoms with E-state index < -0.39 is 14.0 Å². The van der Waals surface area contributed by atoms with Crippen LogP contribution < -0.4 is 0 Å². The lowest BCUT2D eigenvalue weighted by Crippen LogP contribution is -2.22. The van der Waals surface area contributed by atoms with Gasteiger partial charge in [0.15, 0.2) is 5.69 Å². The topological polar surface area (TPSA) is 64.4 Å². The molecule has 0 fully saturated rings. The first-order valence-corrected chi connectivity index (χ1v) is 9.35. The number of hydrogen-bond acceptors (Lipinski definition) is 3. The molecule has 0 aliphatic rings. The van der Waals surface area contributed by atoms with Crippen LogP contribution in [-0.2, 0) is 11.5 Å². The molecule has 1 heterocycles. The molecule has 0 saturated carbocycles. The lowest BCUT2D eigenvalue weighted by atomic mass is 10.3. The van der Waals surface area contributed by atoms with Crippen LogP contribution >= 0.6 is 0 Å². The van der Waals surface area contributed by atoms with E-state index in [0.29, 0.717) is 18.9 Å². The Balaban J connectivity index is 2.43. The van der Waals surface area contributed by atoms with Gasteiger partial charge in [0.1, 0.15) is 6.73 Å². The molecule has 0 spiro atoms. The zero-order valence-electron chi connectivity index (χ0n) is 10.9. The van der Waals surface area contributed by atoms with E-state index in [-0.39, 0.29) is 5.69 Å². The number of aryl methyl sites for hydroxylation is 1. The van der Waals surface area contributed by atoms with Crippen molar-refractivity contribution in [2.45, 2.75) is 39.3 Å². The molecule has 0 bridgehead atoms. The second-order valence-corrected chi connectivity index (χ2v) is 11.0. The van der Waals surface area contributed by atoms with Gasteiger partial charge in [0.25, 0.3) is 0 Å². The Hall–Kier alpha value is -1.14. The number of carboxylic acid groups (broad SMARTS) is 1. The average molecular weight is 256 g/mol. The number of aromatic carboxylic acids is 1. The predicted molar refractivity (Wildman–Crippen MR) is 68.0 cm³/mol. The fourth-order valence-electron chi connectivity index (χ4n) is 1.33. The Morgan fingerprint density at radius 2 is 2.18 bits per heavy atom. The van der Waals surface area contributed by atoms with Gasteiger partial charge in [0.2, 0.25) is 0 Å². The zero-order chi connectivity index (χ0) is 13.1. The molecule has 0 aliphatic carbocycles. The summed E-state index contributed by atoms with van der Waals surface area (Å²) < 4.78 is 7.02. The van der Waals surface area contributed by atoms with Gasteiger partial charge >= 0.3 is 5.97 Å². The van der Waals surface area contributed by atoms with Gasteiger partial charge in [0, 0.05) is 26.4 Å². The highest BCUT2D eigenvalue weighted by atomic mass is 28.3. The number of carbonyl (C=O) groups is 1. The molecule has 0 radical (unpaired) electrons. The first-order valence-electron chi connectivity index (χ1n) is 5.65. The molecule has 0 aliphatic heterocycles. The van der Waals surface area contributed by atoms with Gasteiger partial charge in [-0.25, -0.2) is 9.48 Å². The highest BCUT2D eigenvalue weighted by Gasteiger charge is 2.13. The van der Waals surface area contributed by atoms with E-state index in [9.17, 15) is 4.79 Å². The van der Waals surface area contributed by atoms with Crippen molar-refractivity contribution in [3.05, 3.63) is 17.5 Å². The van der Waals surface area contributed by atoms with Crippen LogP contribution in [0.1, 0.15) is 16.1 Å². The SMILES string of the molecule is Cc1cn(COCC[Si](C)(C)C)nc1C(=O)O. The van der Waals surface area contributed by atoms with E-state index in [1.165, 1.54) is 4.68 Å². The lowest BCUT2D eigenvalue weighted by molar-refractivity contribution is 0.0671. The molecule has 0 atom stereocenters. The summed E-state index contributed by atoms with van der Waals surface area (Å²) in [5, 5.41) is 12.8. The molecule has 1 aromatic heterocycles. The Morgan fingerprint density at radius 1 is 1.53 bits per heavy atom. The van der Waals surface area contributed by atoms with Gasteiger partial charge in [-0.05, 0) is 13.0 Å². The molecule has 0 amide bonds. The number of hydrogen-bond donors (Lipinski definition) is 1. The summed E-state index contributed by atoms with van der Waals surface area (Å²) in [5.74, 6) is -0.997. The first kappa shape index (κ1) is 13.9. The van der Waals surface area contributed by atoms with Crippen LogP contribution in [0.15, 0.2) is 6.20 Å². The van der Waals surface area contributed by atoms with Crippen molar-refractivity contribution in [1.82, 2.24) is 9.78 Å². The van der Waals surface area contributed by atoms with Crippen molar-refractivity contribution < 1.29 is 14.6 Å². The molecule has 0 aromatic carbocycles. The molecule has 1 rings (SSSR count). The summed E-state index contributed by atoms with van der Waals surface area (Å²) >= 11 is 0. The third-order valence-corrected chi connectivity index (χ3v) is 4.07. The molecule has 0 saturated heterocycles. The van der Waals surface area contributed by atoms with Crippen LogP contribution in [0.4, 0.5) is 0 Å². The summed E-state index contributed by atoms with van der Waals surface area (Å²) in [6, 6.07) is 1.10. The largest absolute Gasteiger partial charge is 0.476 e. The molecule has 17 heavy (non-hydrogen) atoms. The van der Waals surface area contributed by atoms with Crippen molar-refractivity contribution >= 4 is 14.0 Å². The van der Waals surface area contributed by atoms with Gasteiger partial charge < -0.3 is 9.84 Å². The van der Waals surface area contributed by atoms with E-state index in [1.54, 1.807) is 13.1 Å². The maximum atomic E-state index is 10.8. The minimum absolute atomic E-state index is 0.0961. The Kier molecular flexibility index (Phi) is 4.47. The highest BCUT2D eigenvalue weighted by Crippen LogP contribution is 2.09. The molecule has 96 valence electrons. The normalized spacial score (nSPS) is 11.8. The van der Waals surface area contributed by atoms with E-state index >= 15 is 0 Å². The Labute approximate surface area is 102 Å². The van der Waals surface area contributed by atoms with E-state index in [0.717, 1.165) is 6.04 Å². The quantitative estimate of drug-likeness (QED) is 0.626. The van der Waals surface area contributed by atoms with Crippen molar-refractivity contribution in [2.24, 2.45) is 0 Å². The monoisotopic (exact) mass is 256 g/mol. The van der Waals surface area contributed by atoms with Crippen LogP contribution in [0.5, 0.6) is 0 Å². The van der Waals surface area contributed by atoms with Gasteiger partial charge in [-0.1, -0.05) is 19.6 Å². The van der Waals surface area contributed by atoms with Crippen molar-refractivity contribution in [1.29, 1.82) is 0 Å². The third-order valence-electron chi connectivity index (χ3n) is 2.37. The van der Waals surface area contributed by atoms with Crippen LogP contribution in [-0.4, -0.2) is 35.5 Å². The van der Waals surface area contributed by atoms with Crippen molar-refractivity contribution in [3.63, 3.8) is 0 Å². The molecule has 6 heteroatoms. The number of nitrogens with zero attached hydrogens (tertiary/aromatic N) is 2. The molecule has 1 N–H and O–H groups in total. The lowest BCUT2D eigenvalue weighted by Gasteiger charge is -2.15. The van der Waals surface area contributed by atoms with Gasteiger partial charge in [-0.3, -0.25) is 0 Å². The molecular weight excluding hydrogens is 236 g/mol. The first-order chi connectivity index (χ1) is 7.79. The van der Waals surface area contributed by atoms with E-state index in [1.807, 2.05) is 0 Å². The van der Waals surface area contributed by atoms with Crippen LogP contribution in [0.25, 0.3) is 0 Å². The average Bonchev–Trinajstić information content (AvgIpc) is 2.53. The summed E-state index contributed by atoms with van der Waals surface area (Å²) in [5.41, 5.74) is 0.755.